The quantitative estimate of drug-likeness (QED) is 0.428. The number of pyridine rings is 1. The molecule has 2 aromatic heterocycles. The maximum Gasteiger partial charge on any atom is 0.482 e. The number of hydrogen-bond acceptors (Lipinski definition) is 5. The summed E-state index contributed by atoms with van der Waals surface area (Å²) in [7, 11) is 0. The third-order valence-corrected chi connectivity index (χ3v) is 4.56. The highest BCUT2D eigenvalue weighted by Gasteiger charge is 2.27. The van der Waals surface area contributed by atoms with Gasteiger partial charge in [-0.1, -0.05) is 48.3 Å². The van der Waals surface area contributed by atoms with E-state index in [9.17, 15) is 13.2 Å². The molecule has 10 heteroatoms. The Bertz CT molecular complexity index is 969. The Labute approximate surface area is 174 Å². The van der Waals surface area contributed by atoms with Crippen LogP contribution in [0.25, 0.3) is 11.3 Å². The van der Waals surface area contributed by atoms with Crippen molar-refractivity contribution in [1.29, 1.82) is 0 Å². The molecule has 0 aliphatic carbocycles. The standard InChI is InChI=1S/C19H16Cl2F3N3O2/c1-10(2)18-12(17(27-29-18)16-13(20)4-3-5-14(16)21)9-28-15-7-6-11(8-25-15)26-19(22,23)24/h3-8,10,26H,9H2,1-2H3. The summed E-state index contributed by atoms with van der Waals surface area (Å²) in [6, 6.07) is 7.64. The molecular formula is C19H16Cl2F3N3O2. The van der Waals surface area contributed by atoms with Crippen LogP contribution >= 0.6 is 23.2 Å². The van der Waals surface area contributed by atoms with Crippen molar-refractivity contribution < 1.29 is 22.4 Å². The van der Waals surface area contributed by atoms with Gasteiger partial charge < -0.3 is 9.26 Å². The number of nitrogens with one attached hydrogen (secondary N) is 1. The molecule has 0 amide bonds. The van der Waals surface area contributed by atoms with Crippen LogP contribution in [0.3, 0.4) is 0 Å². The lowest BCUT2D eigenvalue weighted by Crippen LogP contribution is -2.20. The smallest absolute Gasteiger partial charge is 0.473 e. The zero-order valence-corrected chi connectivity index (χ0v) is 16.9. The Balaban J connectivity index is 1.86. The highest BCUT2D eigenvalue weighted by Crippen LogP contribution is 2.38. The Morgan fingerprint density at radius 2 is 1.83 bits per heavy atom. The average Bonchev–Trinajstić information content (AvgIpc) is 3.03. The van der Waals surface area contributed by atoms with Gasteiger partial charge in [0.25, 0.3) is 0 Å². The minimum atomic E-state index is -4.54. The SMILES string of the molecule is CC(C)c1onc(-c2c(Cl)cccc2Cl)c1COc1ccc(NC(F)(F)F)cn1. The number of aromatic nitrogens is 2. The van der Waals surface area contributed by atoms with Gasteiger partial charge in [0, 0.05) is 17.5 Å². The molecule has 0 unspecified atom stereocenters. The van der Waals surface area contributed by atoms with Crippen molar-refractivity contribution in [3.05, 3.63) is 57.9 Å². The summed E-state index contributed by atoms with van der Waals surface area (Å²) < 4.78 is 48.2. The molecule has 0 saturated heterocycles. The maximum atomic E-state index is 12.4. The normalized spacial score (nSPS) is 11.7. The molecule has 0 aliphatic rings. The lowest BCUT2D eigenvalue weighted by molar-refractivity contribution is -0.0999. The van der Waals surface area contributed by atoms with Crippen molar-refractivity contribution in [3.8, 4) is 17.1 Å². The minimum absolute atomic E-state index is 0.00225. The van der Waals surface area contributed by atoms with Crippen LogP contribution < -0.4 is 10.1 Å². The number of hydrogen-bond donors (Lipinski definition) is 1. The first-order valence-electron chi connectivity index (χ1n) is 8.52. The van der Waals surface area contributed by atoms with E-state index >= 15 is 0 Å². The summed E-state index contributed by atoms with van der Waals surface area (Å²) in [5.74, 6) is 0.735. The molecule has 5 nitrogen and oxygen atoms in total. The molecule has 0 radical (unpaired) electrons. The highest BCUT2D eigenvalue weighted by atomic mass is 35.5. The Kier molecular flexibility index (Phi) is 6.24. The molecule has 0 atom stereocenters. The Hall–Kier alpha value is -2.45. The first kappa shape index (κ1) is 21.3. The molecule has 0 spiro atoms. The summed E-state index contributed by atoms with van der Waals surface area (Å²) in [6.07, 6.45) is -3.51. The molecule has 29 heavy (non-hydrogen) atoms. The topological polar surface area (TPSA) is 60.2 Å². The van der Waals surface area contributed by atoms with E-state index in [1.165, 1.54) is 17.4 Å². The van der Waals surface area contributed by atoms with E-state index in [2.05, 4.69) is 10.1 Å². The van der Waals surface area contributed by atoms with Gasteiger partial charge in [0.1, 0.15) is 18.1 Å². The molecule has 3 aromatic rings. The van der Waals surface area contributed by atoms with Gasteiger partial charge in [-0.2, -0.15) is 13.2 Å². The van der Waals surface area contributed by atoms with Gasteiger partial charge in [-0.25, -0.2) is 4.98 Å². The third-order valence-electron chi connectivity index (χ3n) is 3.93. The van der Waals surface area contributed by atoms with Crippen LogP contribution in [0.4, 0.5) is 18.9 Å². The fourth-order valence-corrected chi connectivity index (χ4v) is 3.26. The van der Waals surface area contributed by atoms with Gasteiger partial charge >= 0.3 is 6.30 Å². The largest absolute Gasteiger partial charge is 0.482 e. The van der Waals surface area contributed by atoms with Gasteiger partial charge in [0.15, 0.2) is 0 Å². The molecule has 0 fully saturated rings. The number of alkyl halides is 3. The summed E-state index contributed by atoms with van der Waals surface area (Å²) in [6.45, 7) is 3.88. The van der Waals surface area contributed by atoms with E-state index in [1.807, 2.05) is 13.8 Å². The van der Waals surface area contributed by atoms with Crippen LogP contribution in [-0.4, -0.2) is 16.4 Å². The number of nitrogens with zero attached hydrogens (tertiary/aromatic N) is 2. The molecule has 1 N–H and O–H groups in total. The fraction of sp³-hybridized carbons (Fsp3) is 0.263. The molecule has 1 aromatic carbocycles. The van der Waals surface area contributed by atoms with Crippen molar-refractivity contribution in [2.75, 3.05) is 5.32 Å². The molecule has 0 saturated carbocycles. The molecule has 0 aliphatic heterocycles. The van der Waals surface area contributed by atoms with Crippen molar-refractivity contribution in [1.82, 2.24) is 10.1 Å². The van der Waals surface area contributed by atoms with E-state index in [4.69, 9.17) is 32.5 Å². The van der Waals surface area contributed by atoms with E-state index in [0.29, 0.717) is 32.6 Å². The van der Waals surface area contributed by atoms with Crippen LogP contribution in [0, 0.1) is 0 Å². The van der Waals surface area contributed by atoms with Gasteiger partial charge in [-0.15, -0.1) is 0 Å². The minimum Gasteiger partial charge on any atom is -0.473 e. The third kappa shape index (κ3) is 5.13. The highest BCUT2D eigenvalue weighted by molar-refractivity contribution is 6.39. The Morgan fingerprint density at radius 3 is 2.38 bits per heavy atom. The van der Waals surface area contributed by atoms with Crippen LogP contribution in [0.2, 0.25) is 10.0 Å². The molecule has 154 valence electrons. The second-order valence-electron chi connectivity index (χ2n) is 6.42. The fourth-order valence-electron chi connectivity index (χ4n) is 2.69. The van der Waals surface area contributed by atoms with Crippen molar-refractivity contribution in [3.63, 3.8) is 0 Å². The van der Waals surface area contributed by atoms with Crippen LogP contribution in [0.15, 0.2) is 41.1 Å². The monoisotopic (exact) mass is 445 g/mol. The molecule has 0 bridgehead atoms. The van der Waals surface area contributed by atoms with E-state index in [0.717, 1.165) is 6.20 Å². The summed E-state index contributed by atoms with van der Waals surface area (Å²) >= 11 is 12.6. The molecule has 2 heterocycles. The van der Waals surface area contributed by atoms with Gasteiger partial charge in [0.05, 0.1) is 27.5 Å². The molecular weight excluding hydrogens is 430 g/mol. The number of rotatable bonds is 6. The maximum absolute atomic E-state index is 12.4. The van der Waals surface area contributed by atoms with Crippen molar-refractivity contribution >= 4 is 28.9 Å². The zero-order valence-electron chi connectivity index (χ0n) is 15.3. The van der Waals surface area contributed by atoms with E-state index in [1.54, 1.807) is 18.2 Å². The van der Waals surface area contributed by atoms with Gasteiger partial charge in [0.2, 0.25) is 5.88 Å². The van der Waals surface area contributed by atoms with Gasteiger partial charge in [-0.05, 0) is 18.2 Å². The van der Waals surface area contributed by atoms with Crippen molar-refractivity contribution in [2.24, 2.45) is 0 Å². The predicted octanol–water partition coefficient (Wildman–Crippen LogP) is 6.68. The predicted molar refractivity (Wildman–Crippen MR) is 104 cm³/mol. The summed E-state index contributed by atoms with van der Waals surface area (Å²) in [4.78, 5) is 3.89. The van der Waals surface area contributed by atoms with Crippen LogP contribution in [0.1, 0.15) is 31.1 Å². The summed E-state index contributed by atoms with van der Waals surface area (Å²) in [5, 5.41) is 6.30. The van der Waals surface area contributed by atoms with Crippen LogP contribution in [-0.2, 0) is 6.61 Å². The number of halogens is 5. The second-order valence-corrected chi connectivity index (χ2v) is 7.24. The Morgan fingerprint density at radius 1 is 1.14 bits per heavy atom. The second kappa shape index (κ2) is 8.51. The lowest BCUT2D eigenvalue weighted by Gasteiger charge is -2.11. The van der Waals surface area contributed by atoms with Crippen LogP contribution in [0.5, 0.6) is 5.88 Å². The van der Waals surface area contributed by atoms with E-state index in [-0.39, 0.29) is 24.1 Å². The van der Waals surface area contributed by atoms with Gasteiger partial charge in [-0.3, -0.25) is 5.32 Å². The molecule has 3 rings (SSSR count). The number of anilines is 1. The number of benzene rings is 1. The van der Waals surface area contributed by atoms with E-state index < -0.39 is 6.30 Å². The first-order valence-corrected chi connectivity index (χ1v) is 9.28. The lowest BCUT2D eigenvalue weighted by atomic mass is 10.0. The van der Waals surface area contributed by atoms with Crippen molar-refractivity contribution in [2.45, 2.75) is 32.7 Å². The summed E-state index contributed by atoms with van der Waals surface area (Å²) in [5.41, 5.74) is 1.40. The first-order chi connectivity index (χ1) is 13.7. The average molecular weight is 446 g/mol. The number of ether oxygens (including phenoxy) is 1. The zero-order chi connectivity index (χ0) is 21.2.